The first-order chi connectivity index (χ1) is 7.16. The standard InChI is InChI=1S/C14H27NO/c1-8-9-15-10-11(13(2,3)4)12(16-15)14(5,6)7/h8-10H2,1-7H3. The lowest BCUT2D eigenvalue weighted by Crippen LogP contribution is -2.23. The number of hydroxylamine groups is 2. The molecule has 0 saturated carbocycles. The van der Waals surface area contributed by atoms with E-state index in [2.05, 4.69) is 53.5 Å². The Balaban J connectivity index is 2.96. The molecule has 0 aliphatic carbocycles. The molecule has 1 heterocycles. The van der Waals surface area contributed by atoms with Crippen molar-refractivity contribution in [3.63, 3.8) is 0 Å². The lowest BCUT2D eigenvalue weighted by molar-refractivity contribution is -0.106. The van der Waals surface area contributed by atoms with Crippen molar-refractivity contribution < 1.29 is 4.84 Å². The van der Waals surface area contributed by atoms with Crippen LogP contribution in [0.3, 0.4) is 0 Å². The summed E-state index contributed by atoms with van der Waals surface area (Å²) in [6.07, 6.45) is 1.13. The SMILES string of the molecule is CCCN1CC(C(C)(C)C)=C(C(C)(C)C)O1. The minimum absolute atomic E-state index is 0.102. The zero-order chi connectivity index (χ0) is 12.6. The van der Waals surface area contributed by atoms with Crippen molar-refractivity contribution in [3.8, 4) is 0 Å². The molecule has 0 aromatic heterocycles. The molecule has 2 nitrogen and oxygen atoms in total. The minimum atomic E-state index is 0.102. The topological polar surface area (TPSA) is 12.5 Å². The average molecular weight is 225 g/mol. The molecule has 1 rings (SSSR count). The normalized spacial score (nSPS) is 19.2. The molecule has 0 fully saturated rings. The molecule has 0 spiro atoms. The second-order valence-corrected chi connectivity index (χ2v) is 6.76. The Morgan fingerprint density at radius 3 is 1.94 bits per heavy atom. The van der Waals surface area contributed by atoms with E-state index in [9.17, 15) is 0 Å². The second-order valence-electron chi connectivity index (χ2n) is 6.76. The van der Waals surface area contributed by atoms with E-state index in [1.165, 1.54) is 11.3 Å². The van der Waals surface area contributed by atoms with Gasteiger partial charge in [-0.3, -0.25) is 0 Å². The molecule has 0 aromatic carbocycles. The quantitative estimate of drug-likeness (QED) is 0.704. The summed E-state index contributed by atoms with van der Waals surface area (Å²) in [4.78, 5) is 6.02. The summed E-state index contributed by atoms with van der Waals surface area (Å²) in [6.45, 7) is 17.7. The van der Waals surface area contributed by atoms with Gasteiger partial charge < -0.3 is 4.84 Å². The predicted octanol–water partition coefficient (Wildman–Crippen LogP) is 3.99. The van der Waals surface area contributed by atoms with Gasteiger partial charge in [-0.25, -0.2) is 0 Å². The van der Waals surface area contributed by atoms with Crippen LogP contribution in [0.5, 0.6) is 0 Å². The van der Waals surface area contributed by atoms with Crippen LogP contribution in [-0.4, -0.2) is 18.2 Å². The van der Waals surface area contributed by atoms with Gasteiger partial charge in [-0.15, -0.1) is 5.06 Å². The van der Waals surface area contributed by atoms with Crippen LogP contribution in [0.25, 0.3) is 0 Å². The molecule has 0 radical (unpaired) electrons. The summed E-state index contributed by atoms with van der Waals surface area (Å²) in [5, 5.41) is 2.10. The maximum Gasteiger partial charge on any atom is 0.131 e. The molecule has 16 heavy (non-hydrogen) atoms. The van der Waals surface area contributed by atoms with Gasteiger partial charge in [0.25, 0.3) is 0 Å². The van der Waals surface area contributed by atoms with Crippen molar-refractivity contribution in [1.82, 2.24) is 5.06 Å². The fourth-order valence-corrected chi connectivity index (χ4v) is 2.01. The van der Waals surface area contributed by atoms with E-state index >= 15 is 0 Å². The number of hydrogen-bond donors (Lipinski definition) is 0. The molecule has 0 atom stereocenters. The summed E-state index contributed by atoms with van der Waals surface area (Å²) in [5.74, 6) is 1.17. The molecular formula is C14H27NO. The molecule has 0 unspecified atom stereocenters. The molecule has 2 heteroatoms. The summed E-state index contributed by atoms with van der Waals surface area (Å²) in [7, 11) is 0. The highest BCUT2D eigenvalue weighted by Gasteiger charge is 2.36. The van der Waals surface area contributed by atoms with Crippen molar-refractivity contribution in [2.24, 2.45) is 10.8 Å². The Morgan fingerprint density at radius 1 is 1.06 bits per heavy atom. The van der Waals surface area contributed by atoms with Crippen LogP contribution in [0.2, 0.25) is 0 Å². The van der Waals surface area contributed by atoms with Crippen LogP contribution in [-0.2, 0) is 4.84 Å². The van der Waals surface area contributed by atoms with Crippen LogP contribution >= 0.6 is 0 Å². The first-order valence-electron chi connectivity index (χ1n) is 6.33. The maximum atomic E-state index is 6.02. The third-order valence-electron chi connectivity index (χ3n) is 2.89. The van der Waals surface area contributed by atoms with E-state index in [0.717, 1.165) is 19.5 Å². The number of nitrogens with zero attached hydrogens (tertiary/aromatic N) is 1. The van der Waals surface area contributed by atoms with Crippen molar-refractivity contribution in [2.75, 3.05) is 13.1 Å². The van der Waals surface area contributed by atoms with E-state index < -0.39 is 0 Å². The third kappa shape index (κ3) is 3.00. The Bertz CT molecular complexity index is 252. The van der Waals surface area contributed by atoms with Crippen molar-refractivity contribution in [2.45, 2.75) is 54.9 Å². The maximum absolute atomic E-state index is 6.02. The van der Waals surface area contributed by atoms with Crippen LogP contribution in [0.4, 0.5) is 0 Å². The highest BCUT2D eigenvalue weighted by Crippen LogP contribution is 2.41. The minimum Gasteiger partial charge on any atom is -0.410 e. The van der Waals surface area contributed by atoms with Gasteiger partial charge in [-0.2, -0.15) is 0 Å². The molecule has 94 valence electrons. The fourth-order valence-electron chi connectivity index (χ4n) is 2.01. The number of hydrogen-bond acceptors (Lipinski definition) is 2. The largest absolute Gasteiger partial charge is 0.410 e. The molecule has 0 N–H and O–H groups in total. The fraction of sp³-hybridized carbons (Fsp3) is 0.857. The summed E-state index contributed by atoms with van der Waals surface area (Å²) < 4.78 is 0. The van der Waals surface area contributed by atoms with E-state index in [-0.39, 0.29) is 10.8 Å². The molecule has 1 aliphatic heterocycles. The zero-order valence-electron chi connectivity index (χ0n) is 12.0. The van der Waals surface area contributed by atoms with Gasteiger partial charge in [0.2, 0.25) is 0 Å². The van der Waals surface area contributed by atoms with Gasteiger partial charge >= 0.3 is 0 Å². The molecule has 0 aromatic rings. The molecule has 1 aliphatic rings. The molecule has 0 bridgehead atoms. The Hall–Kier alpha value is -0.500. The monoisotopic (exact) mass is 225 g/mol. The van der Waals surface area contributed by atoms with Crippen molar-refractivity contribution in [3.05, 3.63) is 11.3 Å². The first kappa shape index (κ1) is 13.6. The van der Waals surface area contributed by atoms with Crippen molar-refractivity contribution in [1.29, 1.82) is 0 Å². The van der Waals surface area contributed by atoms with E-state index in [4.69, 9.17) is 4.84 Å². The lowest BCUT2D eigenvalue weighted by atomic mass is 9.80. The van der Waals surface area contributed by atoms with Gasteiger partial charge in [-0.05, 0) is 17.4 Å². The van der Waals surface area contributed by atoms with Gasteiger partial charge in [0, 0.05) is 12.0 Å². The number of rotatable bonds is 2. The smallest absolute Gasteiger partial charge is 0.131 e. The van der Waals surface area contributed by atoms with Gasteiger partial charge in [0.05, 0.1) is 6.54 Å². The Labute approximate surface area is 101 Å². The highest BCUT2D eigenvalue weighted by molar-refractivity contribution is 5.24. The zero-order valence-corrected chi connectivity index (χ0v) is 12.0. The predicted molar refractivity (Wildman–Crippen MR) is 68.9 cm³/mol. The van der Waals surface area contributed by atoms with E-state index in [0.29, 0.717) is 0 Å². The second kappa shape index (κ2) is 4.40. The molecular weight excluding hydrogens is 198 g/mol. The van der Waals surface area contributed by atoms with E-state index in [1.54, 1.807) is 0 Å². The Morgan fingerprint density at radius 2 is 1.62 bits per heavy atom. The van der Waals surface area contributed by atoms with Crippen molar-refractivity contribution >= 4 is 0 Å². The summed E-state index contributed by atoms with van der Waals surface area (Å²) in [5.41, 5.74) is 1.75. The van der Waals surface area contributed by atoms with Gasteiger partial charge in [-0.1, -0.05) is 48.5 Å². The highest BCUT2D eigenvalue weighted by atomic mass is 16.7. The first-order valence-corrected chi connectivity index (χ1v) is 6.33. The van der Waals surface area contributed by atoms with Crippen LogP contribution < -0.4 is 0 Å². The van der Waals surface area contributed by atoms with Crippen LogP contribution in [0.1, 0.15) is 54.9 Å². The Kier molecular flexibility index (Phi) is 3.73. The van der Waals surface area contributed by atoms with Crippen LogP contribution in [0, 0.1) is 10.8 Å². The number of allylic oxidation sites excluding steroid dienone is 1. The lowest BCUT2D eigenvalue weighted by Gasteiger charge is -2.26. The third-order valence-corrected chi connectivity index (χ3v) is 2.89. The van der Waals surface area contributed by atoms with E-state index in [1.807, 2.05) is 0 Å². The van der Waals surface area contributed by atoms with Gasteiger partial charge in [0.1, 0.15) is 5.76 Å². The van der Waals surface area contributed by atoms with Gasteiger partial charge in [0.15, 0.2) is 0 Å². The summed E-state index contributed by atoms with van der Waals surface area (Å²) >= 11 is 0. The average Bonchev–Trinajstić information content (AvgIpc) is 2.47. The molecule has 0 saturated heterocycles. The van der Waals surface area contributed by atoms with Crippen LogP contribution in [0.15, 0.2) is 11.3 Å². The summed E-state index contributed by atoms with van der Waals surface area (Å²) in [6, 6.07) is 0. The molecule has 0 amide bonds.